The Balaban J connectivity index is 1.47. The maximum absolute atomic E-state index is 12.7. The number of hydrogen-bond acceptors (Lipinski definition) is 12. The SMILES string of the molecule is O=C(CN(CCCCCCI)CCOC1[C@H](O)OC(CO)[C@@H](O)[C@@H]1O)NCCNc1n[n+]([O-])c2ccccc2[n+]1[O-]. The molecular formula is C25H39IN6O9. The number of rotatable bonds is 17. The maximum Gasteiger partial charge on any atom is 0.461 e. The molecule has 2 unspecified atom stereocenters. The number of unbranched alkanes of at least 4 members (excludes halogenated alkanes) is 3. The first-order valence-electron chi connectivity index (χ1n) is 13.6. The number of aliphatic hydroxyl groups excluding tert-OH is 4. The second kappa shape index (κ2) is 17.1. The van der Waals surface area contributed by atoms with Gasteiger partial charge in [0.05, 0.1) is 26.3 Å². The van der Waals surface area contributed by atoms with Crippen LogP contribution in [0.5, 0.6) is 0 Å². The van der Waals surface area contributed by atoms with Crippen LogP contribution in [0.2, 0.25) is 0 Å². The lowest BCUT2D eigenvalue weighted by molar-refractivity contribution is -0.672. The minimum absolute atomic E-state index is 0.0492. The van der Waals surface area contributed by atoms with E-state index in [-0.39, 0.29) is 49.1 Å². The summed E-state index contributed by atoms with van der Waals surface area (Å²) in [5.74, 6) is -0.438. The van der Waals surface area contributed by atoms with E-state index in [1.54, 1.807) is 12.1 Å². The molecule has 0 saturated carbocycles. The van der Waals surface area contributed by atoms with E-state index in [2.05, 4.69) is 38.3 Å². The maximum atomic E-state index is 12.7. The highest BCUT2D eigenvalue weighted by Crippen LogP contribution is 2.22. The van der Waals surface area contributed by atoms with Crippen molar-refractivity contribution in [1.29, 1.82) is 0 Å². The highest BCUT2D eigenvalue weighted by atomic mass is 127. The first-order valence-corrected chi connectivity index (χ1v) is 15.1. The van der Waals surface area contributed by atoms with E-state index < -0.39 is 37.3 Å². The Hall–Kier alpha value is -2.19. The lowest BCUT2D eigenvalue weighted by Crippen LogP contribution is -2.59. The zero-order valence-electron chi connectivity index (χ0n) is 22.7. The lowest BCUT2D eigenvalue weighted by Gasteiger charge is -2.40. The summed E-state index contributed by atoms with van der Waals surface area (Å²) in [5, 5.41) is 73.5. The fourth-order valence-corrected chi connectivity index (χ4v) is 5.00. The number of aromatic nitrogens is 3. The van der Waals surface area contributed by atoms with E-state index in [4.69, 9.17) is 9.47 Å². The van der Waals surface area contributed by atoms with Crippen LogP contribution < -0.4 is 20.2 Å². The standard InChI is InChI=1S/C25H39IN6O9/c26-9-5-1-2-6-12-30(13-14-40-23-22(36)21(35)19(16-33)41-24(23)37)15-20(34)27-10-11-28-25-29-32(39)18-8-4-3-7-17(18)31(25)38/h3-4,7-8,19,21-24,33,35-37H,1-2,5-6,9-16H2,(H,27,34)(H,28,29)/t19?,21-,22+,23?,24-/m1/s1. The van der Waals surface area contributed by atoms with Gasteiger partial charge in [0.15, 0.2) is 11.8 Å². The van der Waals surface area contributed by atoms with Crippen molar-refractivity contribution in [3.63, 3.8) is 0 Å². The van der Waals surface area contributed by atoms with Gasteiger partial charge in [-0.2, -0.15) is 0 Å². The number of halogens is 1. The van der Waals surface area contributed by atoms with Gasteiger partial charge in [-0.1, -0.05) is 47.6 Å². The summed E-state index contributed by atoms with van der Waals surface area (Å²) in [4.78, 5) is 14.9. The van der Waals surface area contributed by atoms with Crippen molar-refractivity contribution in [3.05, 3.63) is 34.7 Å². The lowest BCUT2D eigenvalue weighted by atomic mass is 9.99. The molecule has 6 N–H and O–H groups in total. The van der Waals surface area contributed by atoms with Gasteiger partial charge in [0.1, 0.15) is 24.4 Å². The van der Waals surface area contributed by atoms with Gasteiger partial charge in [-0.05, 0) is 29.9 Å². The van der Waals surface area contributed by atoms with Gasteiger partial charge in [-0.15, -0.1) is 0 Å². The fourth-order valence-electron chi connectivity index (χ4n) is 4.46. The molecule has 2 heterocycles. The van der Waals surface area contributed by atoms with Gasteiger partial charge in [-0.3, -0.25) is 15.0 Å². The summed E-state index contributed by atoms with van der Waals surface area (Å²) < 4.78 is 12.3. The van der Waals surface area contributed by atoms with Gasteiger partial charge in [0.2, 0.25) is 11.0 Å². The number of benzene rings is 1. The first kappa shape index (κ1) is 33.3. The van der Waals surface area contributed by atoms with Crippen molar-refractivity contribution >= 4 is 45.5 Å². The van der Waals surface area contributed by atoms with Crippen LogP contribution in [0.1, 0.15) is 25.7 Å². The number of hydrogen-bond donors (Lipinski definition) is 6. The van der Waals surface area contributed by atoms with Gasteiger partial charge < -0.3 is 45.6 Å². The minimum Gasteiger partial charge on any atom is -0.739 e. The Morgan fingerprint density at radius 2 is 1.80 bits per heavy atom. The third kappa shape index (κ3) is 9.67. The average Bonchev–Trinajstić information content (AvgIpc) is 2.96. The highest BCUT2D eigenvalue weighted by molar-refractivity contribution is 14.1. The van der Waals surface area contributed by atoms with Crippen molar-refractivity contribution in [2.75, 3.05) is 55.7 Å². The normalized spacial score (nSPS) is 22.7. The topological polar surface area (TPSA) is 211 Å². The fraction of sp³-hybridized carbons (Fsp3) is 0.680. The van der Waals surface area contributed by atoms with E-state index in [0.717, 1.165) is 30.1 Å². The molecule has 0 spiro atoms. The molecule has 16 heteroatoms. The first-order chi connectivity index (χ1) is 19.8. The number of amides is 1. The molecular weight excluding hydrogens is 655 g/mol. The molecule has 0 radical (unpaired) electrons. The Kier molecular flexibility index (Phi) is 13.9. The summed E-state index contributed by atoms with van der Waals surface area (Å²) in [7, 11) is 0. The Morgan fingerprint density at radius 3 is 2.54 bits per heavy atom. The van der Waals surface area contributed by atoms with E-state index >= 15 is 0 Å². The smallest absolute Gasteiger partial charge is 0.461 e. The number of para-hydroxylation sites is 2. The molecule has 1 aromatic carbocycles. The molecule has 1 fully saturated rings. The molecule has 0 aliphatic carbocycles. The van der Waals surface area contributed by atoms with Crippen LogP contribution in [-0.4, -0.2) is 117 Å². The number of carbonyl (C=O) groups excluding carboxylic acids is 1. The van der Waals surface area contributed by atoms with E-state index in [1.807, 2.05) is 4.90 Å². The number of nitrogens with one attached hydrogen (secondary N) is 2. The largest absolute Gasteiger partial charge is 0.739 e. The predicted molar refractivity (Wildman–Crippen MR) is 155 cm³/mol. The second-order valence-corrected chi connectivity index (χ2v) is 10.8. The predicted octanol–water partition coefficient (Wildman–Crippen LogP) is -1.86. The number of ether oxygens (including phenoxy) is 2. The van der Waals surface area contributed by atoms with Crippen LogP contribution in [0, 0.1) is 10.4 Å². The highest BCUT2D eigenvalue weighted by Gasteiger charge is 2.44. The van der Waals surface area contributed by atoms with Crippen LogP contribution in [-0.2, 0) is 14.3 Å². The molecule has 1 aliphatic rings. The number of carbonyl (C=O) groups is 1. The summed E-state index contributed by atoms with van der Waals surface area (Å²) in [6, 6.07) is 6.29. The molecule has 1 aromatic heterocycles. The monoisotopic (exact) mass is 694 g/mol. The third-order valence-corrected chi connectivity index (χ3v) is 7.46. The molecule has 5 atom stereocenters. The Bertz CT molecular complexity index is 1100. The summed E-state index contributed by atoms with van der Waals surface area (Å²) in [6.45, 7) is 0.821. The second-order valence-electron chi connectivity index (χ2n) is 9.70. The molecule has 41 heavy (non-hydrogen) atoms. The number of fused-ring (bicyclic) bond motifs is 1. The number of aliphatic hydroxyl groups is 4. The molecule has 0 bridgehead atoms. The number of anilines is 1. The van der Waals surface area contributed by atoms with E-state index in [9.17, 15) is 35.6 Å². The molecule has 230 valence electrons. The van der Waals surface area contributed by atoms with Crippen LogP contribution in [0.25, 0.3) is 11.0 Å². The van der Waals surface area contributed by atoms with Crippen molar-refractivity contribution in [2.45, 2.75) is 56.4 Å². The van der Waals surface area contributed by atoms with Crippen LogP contribution in [0.3, 0.4) is 0 Å². The molecule has 3 rings (SSSR count). The average molecular weight is 695 g/mol. The van der Waals surface area contributed by atoms with E-state index in [1.165, 1.54) is 12.1 Å². The van der Waals surface area contributed by atoms with Crippen molar-refractivity contribution < 1.29 is 44.3 Å². The van der Waals surface area contributed by atoms with Gasteiger partial charge >= 0.3 is 5.95 Å². The molecule has 1 aliphatic heterocycles. The Labute approximate surface area is 251 Å². The van der Waals surface area contributed by atoms with Crippen molar-refractivity contribution in [1.82, 2.24) is 15.3 Å². The Morgan fingerprint density at radius 1 is 1.07 bits per heavy atom. The summed E-state index contributed by atoms with van der Waals surface area (Å²) in [6.07, 6.45) is -2.64. The summed E-state index contributed by atoms with van der Waals surface area (Å²) >= 11 is 2.34. The molecule has 1 amide bonds. The molecule has 2 aromatic rings. The minimum atomic E-state index is -1.52. The number of nitrogens with zero attached hydrogens (tertiary/aromatic N) is 4. The van der Waals surface area contributed by atoms with Crippen molar-refractivity contribution in [3.8, 4) is 0 Å². The van der Waals surface area contributed by atoms with Crippen LogP contribution in [0.4, 0.5) is 5.95 Å². The molecule has 15 nitrogen and oxygen atoms in total. The van der Waals surface area contributed by atoms with Crippen LogP contribution in [0.15, 0.2) is 24.3 Å². The third-order valence-electron chi connectivity index (χ3n) is 6.70. The quantitative estimate of drug-likeness (QED) is 0.0354. The van der Waals surface area contributed by atoms with Crippen LogP contribution >= 0.6 is 22.6 Å². The van der Waals surface area contributed by atoms with Gasteiger partial charge in [-0.25, -0.2) is 4.73 Å². The van der Waals surface area contributed by atoms with Gasteiger partial charge in [0, 0.05) is 24.0 Å². The summed E-state index contributed by atoms with van der Waals surface area (Å²) in [5.41, 5.74) is 0.313. The van der Waals surface area contributed by atoms with Gasteiger partial charge in [0.25, 0.3) is 5.52 Å². The van der Waals surface area contributed by atoms with Crippen molar-refractivity contribution in [2.24, 2.45) is 0 Å². The van der Waals surface area contributed by atoms with E-state index in [0.29, 0.717) is 22.7 Å². The zero-order chi connectivity index (χ0) is 29.8. The zero-order valence-corrected chi connectivity index (χ0v) is 24.8. The molecule has 1 saturated heterocycles. The number of alkyl halides is 1.